The average Bonchev–Trinajstić information content (AvgIpc) is 2.41. The van der Waals surface area contributed by atoms with E-state index in [9.17, 15) is 8.42 Å². The molecule has 0 spiro atoms. The second kappa shape index (κ2) is 8.97. The molecule has 1 aromatic carbocycles. The van der Waals surface area contributed by atoms with Gasteiger partial charge in [0, 0.05) is 0 Å². The second-order valence-corrected chi connectivity index (χ2v) is 6.55. The lowest BCUT2D eigenvalue weighted by molar-refractivity contribution is 0.304. The van der Waals surface area contributed by atoms with Crippen LogP contribution in [-0.2, 0) is 10.0 Å². The van der Waals surface area contributed by atoms with Crippen LogP contribution in [0.1, 0.15) is 51.9 Å². The molecule has 0 aliphatic rings. The number of sulfonamides is 1. The first-order valence-corrected chi connectivity index (χ1v) is 8.84. The van der Waals surface area contributed by atoms with Gasteiger partial charge in [0.2, 0.25) is 10.0 Å². The first-order chi connectivity index (χ1) is 9.54. The smallest absolute Gasteiger partial charge is 0.238 e. The average molecular weight is 299 g/mol. The van der Waals surface area contributed by atoms with Crippen molar-refractivity contribution in [3.8, 4) is 5.75 Å². The zero-order valence-corrected chi connectivity index (χ0v) is 13.0. The SMILES string of the molecule is CCCCCCCCCOc1ccc(S(N)(=O)=O)cc1. The van der Waals surface area contributed by atoms with Crippen molar-refractivity contribution in [3.63, 3.8) is 0 Å². The number of primary sulfonamides is 1. The zero-order valence-electron chi connectivity index (χ0n) is 12.2. The molecule has 0 saturated heterocycles. The molecule has 0 heterocycles. The highest BCUT2D eigenvalue weighted by Crippen LogP contribution is 2.15. The molecule has 0 radical (unpaired) electrons. The minimum atomic E-state index is -3.62. The molecule has 1 rings (SSSR count). The molecule has 114 valence electrons. The van der Waals surface area contributed by atoms with E-state index in [1.807, 2.05) is 0 Å². The minimum absolute atomic E-state index is 0.112. The van der Waals surface area contributed by atoms with Gasteiger partial charge in [-0.05, 0) is 30.7 Å². The van der Waals surface area contributed by atoms with Crippen LogP contribution in [0, 0.1) is 0 Å². The third kappa shape index (κ3) is 6.91. The van der Waals surface area contributed by atoms with Crippen molar-refractivity contribution >= 4 is 10.0 Å². The van der Waals surface area contributed by atoms with Gasteiger partial charge in [0.05, 0.1) is 11.5 Å². The fourth-order valence-electron chi connectivity index (χ4n) is 1.97. The van der Waals surface area contributed by atoms with Crippen molar-refractivity contribution in [1.29, 1.82) is 0 Å². The molecule has 0 aromatic heterocycles. The van der Waals surface area contributed by atoms with E-state index >= 15 is 0 Å². The summed E-state index contributed by atoms with van der Waals surface area (Å²) in [6.45, 7) is 2.89. The van der Waals surface area contributed by atoms with Crippen LogP contribution < -0.4 is 9.88 Å². The molecule has 2 N–H and O–H groups in total. The molecule has 5 heteroatoms. The molecular weight excluding hydrogens is 274 g/mol. The monoisotopic (exact) mass is 299 g/mol. The van der Waals surface area contributed by atoms with E-state index in [0.717, 1.165) is 6.42 Å². The topological polar surface area (TPSA) is 69.4 Å². The molecule has 0 unspecified atom stereocenters. The molecule has 0 bridgehead atoms. The van der Waals surface area contributed by atoms with Crippen molar-refractivity contribution in [3.05, 3.63) is 24.3 Å². The summed E-state index contributed by atoms with van der Waals surface area (Å²) in [7, 11) is -3.62. The van der Waals surface area contributed by atoms with Crippen molar-refractivity contribution < 1.29 is 13.2 Å². The number of ether oxygens (including phenoxy) is 1. The lowest BCUT2D eigenvalue weighted by Crippen LogP contribution is -2.11. The summed E-state index contributed by atoms with van der Waals surface area (Å²) in [5.74, 6) is 0.684. The van der Waals surface area contributed by atoms with Crippen molar-refractivity contribution in [2.24, 2.45) is 5.14 Å². The quantitative estimate of drug-likeness (QED) is 0.673. The van der Waals surface area contributed by atoms with E-state index in [2.05, 4.69) is 6.92 Å². The highest BCUT2D eigenvalue weighted by atomic mass is 32.2. The van der Waals surface area contributed by atoms with E-state index in [-0.39, 0.29) is 4.90 Å². The van der Waals surface area contributed by atoms with Gasteiger partial charge in [0.1, 0.15) is 5.75 Å². The molecule has 0 atom stereocenters. The van der Waals surface area contributed by atoms with Gasteiger partial charge < -0.3 is 4.74 Å². The van der Waals surface area contributed by atoms with Crippen molar-refractivity contribution in [1.82, 2.24) is 0 Å². The summed E-state index contributed by atoms with van der Waals surface area (Å²) in [6, 6.07) is 6.22. The van der Waals surface area contributed by atoms with Gasteiger partial charge >= 0.3 is 0 Å². The Kier molecular flexibility index (Phi) is 7.62. The fraction of sp³-hybridized carbons (Fsp3) is 0.600. The maximum Gasteiger partial charge on any atom is 0.238 e. The highest BCUT2D eigenvalue weighted by Gasteiger charge is 2.06. The molecular formula is C15H25NO3S. The maximum absolute atomic E-state index is 11.1. The number of hydrogen-bond donors (Lipinski definition) is 1. The van der Waals surface area contributed by atoms with Crippen LogP contribution in [0.15, 0.2) is 29.2 Å². The molecule has 0 saturated carbocycles. The lowest BCUT2D eigenvalue weighted by Gasteiger charge is -2.06. The van der Waals surface area contributed by atoms with Crippen LogP contribution in [0.5, 0.6) is 5.75 Å². The number of nitrogens with two attached hydrogens (primary N) is 1. The fourth-order valence-corrected chi connectivity index (χ4v) is 2.49. The van der Waals surface area contributed by atoms with Gasteiger partial charge in [-0.2, -0.15) is 0 Å². The minimum Gasteiger partial charge on any atom is -0.494 e. The maximum atomic E-state index is 11.1. The number of unbranched alkanes of at least 4 members (excludes halogenated alkanes) is 6. The lowest BCUT2D eigenvalue weighted by atomic mass is 10.1. The van der Waals surface area contributed by atoms with Crippen LogP contribution in [0.3, 0.4) is 0 Å². The van der Waals surface area contributed by atoms with Crippen LogP contribution in [0.2, 0.25) is 0 Å². The Bertz CT molecular complexity index is 468. The number of hydrogen-bond acceptors (Lipinski definition) is 3. The van der Waals surface area contributed by atoms with Crippen molar-refractivity contribution in [2.45, 2.75) is 56.8 Å². The van der Waals surface area contributed by atoms with Gasteiger partial charge in [-0.25, -0.2) is 13.6 Å². The van der Waals surface area contributed by atoms with Crippen molar-refractivity contribution in [2.75, 3.05) is 6.61 Å². The van der Waals surface area contributed by atoms with Crippen LogP contribution in [0.4, 0.5) is 0 Å². The highest BCUT2D eigenvalue weighted by molar-refractivity contribution is 7.89. The Morgan fingerprint density at radius 1 is 0.950 bits per heavy atom. The summed E-state index contributed by atoms with van der Waals surface area (Å²) in [6.07, 6.45) is 8.70. The summed E-state index contributed by atoms with van der Waals surface area (Å²) in [4.78, 5) is 0.112. The molecule has 0 aliphatic heterocycles. The standard InChI is InChI=1S/C15H25NO3S/c1-2-3-4-5-6-7-8-13-19-14-9-11-15(12-10-14)20(16,17)18/h9-12H,2-8,13H2,1H3,(H2,16,17,18). The van der Waals surface area contributed by atoms with E-state index in [1.165, 1.54) is 50.7 Å². The Labute approximate surface area is 122 Å². The summed E-state index contributed by atoms with van der Waals surface area (Å²) >= 11 is 0. The van der Waals surface area contributed by atoms with Gasteiger partial charge in [0.15, 0.2) is 0 Å². The van der Waals surface area contributed by atoms with Gasteiger partial charge in [0.25, 0.3) is 0 Å². The predicted molar refractivity (Wildman–Crippen MR) is 81.3 cm³/mol. The first-order valence-electron chi connectivity index (χ1n) is 7.29. The Morgan fingerprint density at radius 2 is 1.50 bits per heavy atom. The molecule has 4 nitrogen and oxygen atoms in total. The van der Waals surface area contributed by atoms with E-state index in [0.29, 0.717) is 12.4 Å². The normalized spacial score (nSPS) is 11.5. The van der Waals surface area contributed by atoms with Crippen LogP contribution in [0.25, 0.3) is 0 Å². The summed E-state index contributed by atoms with van der Waals surface area (Å²) < 4.78 is 27.7. The van der Waals surface area contributed by atoms with Gasteiger partial charge in [-0.3, -0.25) is 0 Å². The van der Waals surface area contributed by atoms with Crippen LogP contribution in [-0.4, -0.2) is 15.0 Å². The molecule has 0 fully saturated rings. The van der Waals surface area contributed by atoms with E-state index in [4.69, 9.17) is 9.88 Å². The van der Waals surface area contributed by atoms with E-state index in [1.54, 1.807) is 12.1 Å². The third-order valence-electron chi connectivity index (χ3n) is 3.17. The van der Waals surface area contributed by atoms with Gasteiger partial charge in [-0.1, -0.05) is 45.4 Å². The Balaban J connectivity index is 2.16. The predicted octanol–water partition coefficient (Wildman–Crippen LogP) is 3.46. The molecule has 0 amide bonds. The Morgan fingerprint density at radius 3 is 2.05 bits per heavy atom. The summed E-state index contributed by atoms with van der Waals surface area (Å²) in [5, 5.41) is 5.03. The second-order valence-electron chi connectivity index (χ2n) is 4.99. The number of benzene rings is 1. The molecule has 20 heavy (non-hydrogen) atoms. The zero-order chi connectivity index (χ0) is 14.8. The first kappa shape index (κ1) is 17.0. The molecule has 1 aromatic rings. The largest absolute Gasteiger partial charge is 0.494 e. The van der Waals surface area contributed by atoms with Crippen LogP contribution >= 0.6 is 0 Å². The van der Waals surface area contributed by atoms with Gasteiger partial charge in [-0.15, -0.1) is 0 Å². The van der Waals surface area contributed by atoms with E-state index < -0.39 is 10.0 Å². The molecule has 0 aliphatic carbocycles. The number of rotatable bonds is 10. The Hall–Kier alpha value is -1.07. The third-order valence-corrected chi connectivity index (χ3v) is 4.10. The summed E-state index contributed by atoms with van der Waals surface area (Å²) in [5.41, 5.74) is 0.